The van der Waals surface area contributed by atoms with Crippen molar-refractivity contribution >= 4 is 46.0 Å². The van der Waals surface area contributed by atoms with Crippen molar-refractivity contribution in [3.8, 4) is 0 Å². The number of aryl methyl sites for hydroxylation is 1. The maximum absolute atomic E-state index is 13.4. The Morgan fingerprint density at radius 1 is 1.09 bits per heavy atom. The third kappa shape index (κ3) is 5.63. The molecular weight excluding hydrogens is 446 g/mol. The zero-order valence-corrected chi connectivity index (χ0v) is 20.6. The summed E-state index contributed by atoms with van der Waals surface area (Å²) in [5.41, 5.74) is 0.242. The number of pyridine rings is 1. The highest BCUT2D eigenvalue weighted by Crippen LogP contribution is 2.34. The van der Waals surface area contributed by atoms with Crippen LogP contribution in [0.1, 0.15) is 52.7 Å². The lowest BCUT2D eigenvalue weighted by molar-refractivity contribution is -0.123. The molecular formula is C24H28ClN3O5. The van der Waals surface area contributed by atoms with Crippen LogP contribution in [0.3, 0.4) is 0 Å². The first kappa shape index (κ1) is 24.5. The van der Waals surface area contributed by atoms with E-state index in [1.54, 1.807) is 59.9 Å². The number of halogens is 1. The van der Waals surface area contributed by atoms with E-state index < -0.39 is 29.3 Å². The highest BCUT2D eigenvalue weighted by Gasteiger charge is 2.39. The number of carbonyl (C=O) groups excluding carboxylic acids is 3. The Morgan fingerprint density at radius 2 is 1.73 bits per heavy atom. The standard InChI is InChI=1S/C24H28ClN3O5/c1-13-15(9-8-14-11-26-18(25)10-16(13)14)19-17(27-21(30)32-23(2,3)4)12-28(20(19)29)22(31)33-24(5,6)7/h8-11H,12H2,1-7H3,(H,27,30). The Bertz CT molecular complexity index is 1180. The van der Waals surface area contributed by atoms with Crippen LogP contribution in [0.5, 0.6) is 0 Å². The number of hydrogen-bond acceptors (Lipinski definition) is 6. The number of hydrogen-bond donors (Lipinski definition) is 1. The molecule has 176 valence electrons. The Hall–Kier alpha value is -3.13. The number of imide groups is 1. The number of amides is 3. The first-order chi connectivity index (χ1) is 15.2. The van der Waals surface area contributed by atoms with Gasteiger partial charge in [0.25, 0.3) is 5.91 Å². The fourth-order valence-electron chi connectivity index (χ4n) is 3.46. The van der Waals surface area contributed by atoms with Gasteiger partial charge in [0, 0.05) is 11.6 Å². The number of benzene rings is 1. The van der Waals surface area contributed by atoms with Crippen LogP contribution < -0.4 is 5.32 Å². The molecule has 9 heteroatoms. The molecule has 2 aromatic rings. The summed E-state index contributed by atoms with van der Waals surface area (Å²) in [5, 5.41) is 4.63. The van der Waals surface area contributed by atoms with Crippen LogP contribution in [-0.4, -0.2) is 45.7 Å². The number of rotatable bonds is 2. The van der Waals surface area contributed by atoms with E-state index in [-0.39, 0.29) is 17.8 Å². The number of nitrogens with zero attached hydrogens (tertiary/aromatic N) is 2. The Morgan fingerprint density at radius 3 is 2.33 bits per heavy atom. The number of ether oxygens (including phenoxy) is 2. The molecule has 8 nitrogen and oxygen atoms in total. The summed E-state index contributed by atoms with van der Waals surface area (Å²) in [6.45, 7) is 12.0. The number of fused-ring (bicyclic) bond motifs is 1. The molecule has 0 saturated carbocycles. The molecule has 0 atom stereocenters. The van der Waals surface area contributed by atoms with Gasteiger partial charge in [0.15, 0.2) is 0 Å². The van der Waals surface area contributed by atoms with Crippen LogP contribution >= 0.6 is 11.6 Å². The highest BCUT2D eigenvalue weighted by molar-refractivity contribution is 6.30. The second kappa shape index (κ2) is 8.67. The lowest BCUT2D eigenvalue weighted by Crippen LogP contribution is -2.39. The quantitative estimate of drug-likeness (QED) is 0.601. The number of nitrogens with one attached hydrogen (secondary N) is 1. The van der Waals surface area contributed by atoms with Crippen molar-refractivity contribution in [3.05, 3.63) is 46.4 Å². The van der Waals surface area contributed by atoms with Crippen molar-refractivity contribution in [1.82, 2.24) is 15.2 Å². The zero-order chi connectivity index (χ0) is 24.7. The monoisotopic (exact) mass is 473 g/mol. The van der Waals surface area contributed by atoms with E-state index in [1.807, 2.05) is 13.0 Å². The molecule has 0 unspecified atom stereocenters. The smallest absolute Gasteiger partial charge is 0.417 e. The third-order valence-corrected chi connectivity index (χ3v) is 4.96. The molecule has 0 fully saturated rings. The van der Waals surface area contributed by atoms with Gasteiger partial charge in [-0.25, -0.2) is 19.5 Å². The van der Waals surface area contributed by atoms with Crippen LogP contribution in [0.15, 0.2) is 30.1 Å². The maximum Gasteiger partial charge on any atom is 0.417 e. The molecule has 3 amide bonds. The van der Waals surface area contributed by atoms with Gasteiger partial charge in [-0.1, -0.05) is 23.7 Å². The first-order valence-electron chi connectivity index (χ1n) is 10.5. The van der Waals surface area contributed by atoms with Crippen LogP contribution in [0.25, 0.3) is 16.3 Å². The molecule has 0 bridgehead atoms. The van der Waals surface area contributed by atoms with Crippen LogP contribution in [-0.2, 0) is 14.3 Å². The molecule has 0 radical (unpaired) electrons. The summed E-state index contributed by atoms with van der Waals surface area (Å²) < 4.78 is 10.8. The van der Waals surface area contributed by atoms with Gasteiger partial charge >= 0.3 is 12.2 Å². The van der Waals surface area contributed by atoms with E-state index in [2.05, 4.69) is 10.3 Å². The van der Waals surface area contributed by atoms with E-state index in [0.29, 0.717) is 10.7 Å². The molecule has 0 saturated heterocycles. The molecule has 2 heterocycles. The minimum Gasteiger partial charge on any atom is -0.444 e. The van der Waals surface area contributed by atoms with Crippen molar-refractivity contribution in [3.63, 3.8) is 0 Å². The van der Waals surface area contributed by atoms with E-state index >= 15 is 0 Å². The van der Waals surface area contributed by atoms with Gasteiger partial charge in [0.05, 0.1) is 17.8 Å². The minimum atomic E-state index is -0.795. The molecule has 1 N–H and O–H groups in total. The average Bonchev–Trinajstić information content (AvgIpc) is 2.96. The van der Waals surface area contributed by atoms with Crippen molar-refractivity contribution < 1.29 is 23.9 Å². The van der Waals surface area contributed by atoms with Gasteiger partial charge in [0.1, 0.15) is 16.4 Å². The first-order valence-corrected chi connectivity index (χ1v) is 10.9. The second-order valence-corrected chi connectivity index (χ2v) is 10.2. The molecule has 1 aliphatic rings. The van der Waals surface area contributed by atoms with Crippen LogP contribution in [0, 0.1) is 6.92 Å². The number of aromatic nitrogens is 1. The maximum atomic E-state index is 13.4. The summed E-state index contributed by atoms with van der Waals surface area (Å²) >= 11 is 6.08. The van der Waals surface area contributed by atoms with Crippen molar-refractivity contribution in [2.45, 2.75) is 59.7 Å². The molecule has 3 rings (SSSR count). The summed E-state index contributed by atoms with van der Waals surface area (Å²) in [6, 6.07) is 5.28. The van der Waals surface area contributed by atoms with Gasteiger partial charge in [-0.15, -0.1) is 0 Å². The lowest BCUT2D eigenvalue weighted by atomic mass is 9.95. The Balaban J connectivity index is 2.08. The fourth-order valence-corrected chi connectivity index (χ4v) is 3.61. The molecule has 1 aromatic carbocycles. The van der Waals surface area contributed by atoms with E-state index in [1.165, 1.54) is 0 Å². The van der Waals surface area contributed by atoms with Gasteiger partial charge in [-0.05, 0) is 71.0 Å². The van der Waals surface area contributed by atoms with E-state index in [4.69, 9.17) is 21.1 Å². The molecule has 0 spiro atoms. The Labute approximate surface area is 197 Å². The fraction of sp³-hybridized carbons (Fsp3) is 0.417. The summed E-state index contributed by atoms with van der Waals surface area (Å²) in [5.74, 6) is -0.571. The highest BCUT2D eigenvalue weighted by atomic mass is 35.5. The summed E-state index contributed by atoms with van der Waals surface area (Å²) in [6.07, 6.45) is 0.128. The largest absolute Gasteiger partial charge is 0.444 e. The predicted molar refractivity (Wildman–Crippen MR) is 126 cm³/mol. The Kier molecular flexibility index (Phi) is 6.44. The van der Waals surface area contributed by atoms with Crippen molar-refractivity contribution in [2.75, 3.05) is 6.54 Å². The summed E-state index contributed by atoms with van der Waals surface area (Å²) in [7, 11) is 0. The average molecular weight is 474 g/mol. The van der Waals surface area contributed by atoms with Crippen molar-refractivity contribution in [2.24, 2.45) is 0 Å². The topological polar surface area (TPSA) is 97.8 Å². The minimum absolute atomic E-state index is 0.156. The molecule has 33 heavy (non-hydrogen) atoms. The van der Waals surface area contributed by atoms with Crippen molar-refractivity contribution in [1.29, 1.82) is 0 Å². The molecule has 0 aliphatic carbocycles. The number of alkyl carbamates (subject to hydrolysis) is 1. The zero-order valence-electron chi connectivity index (χ0n) is 19.8. The SMILES string of the molecule is Cc1c(C2=C(NC(=O)OC(C)(C)C)CN(C(=O)OC(C)(C)C)C2=O)ccc2cnc(Cl)cc12. The predicted octanol–water partition coefficient (Wildman–Crippen LogP) is 5.21. The second-order valence-electron chi connectivity index (χ2n) is 9.82. The van der Waals surface area contributed by atoms with Gasteiger partial charge in [-0.3, -0.25) is 10.1 Å². The normalized spacial score (nSPS) is 14.7. The third-order valence-electron chi connectivity index (χ3n) is 4.75. The van der Waals surface area contributed by atoms with Gasteiger partial charge < -0.3 is 9.47 Å². The van der Waals surface area contributed by atoms with Gasteiger partial charge in [-0.2, -0.15) is 0 Å². The molecule has 1 aromatic heterocycles. The number of carbonyl (C=O) groups is 3. The van der Waals surface area contributed by atoms with E-state index in [0.717, 1.165) is 21.2 Å². The molecule has 1 aliphatic heterocycles. The lowest BCUT2D eigenvalue weighted by Gasteiger charge is -2.24. The van der Waals surface area contributed by atoms with E-state index in [9.17, 15) is 14.4 Å². The van der Waals surface area contributed by atoms with Gasteiger partial charge in [0.2, 0.25) is 0 Å². The summed E-state index contributed by atoms with van der Waals surface area (Å²) in [4.78, 5) is 43.7. The van der Waals surface area contributed by atoms with Crippen LogP contribution in [0.4, 0.5) is 9.59 Å². The van der Waals surface area contributed by atoms with Crippen LogP contribution in [0.2, 0.25) is 5.15 Å².